The molecule has 0 saturated carbocycles. The maximum absolute atomic E-state index is 14.0. The number of hydrogen-bond donors (Lipinski definition) is 0. The van der Waals surface area contributed by atoms with Crippen LogP contribution in [0, 0.1) is 19.7 Å². The number of amides is 2. The first-order valence-electron chi connectivity index (χ1n) is 8.48. The van der Waals surface area contributed by atoms with E-state index in [-0.39, 0.29) is 16.5 Å². The van der Waals surface area contributed by atoms with E-state index in [1.54, 1.807) is 4.90 Å². The second kappa shape index (κ2) is 7.46. The molecule has 2 aromatic carbocycles. The van der Waals surface area contributed by atoms with E-state index in [0.717, 1.165) is 11.1 Å². The molecule has 0 N–H and O–H groups in total. The summed E-state index contributed by atoms with van der Waals surface area (Å²) < 4.78 is 14.0. The van der Waals surface area contributed by atoms with Crippen LogP contribution in [0.4, 0.5) is 4.39 Å². The molecule has 0 radical (unpaired) electrons. The predicted octanol–water partition coefficient (Wildman–Crippen LogP) is 3.69. The van der Waals surface area contributed by atoms with Crippen molar-refractivity contribution in [2.45, 2.75) is 13.8 Å². The van der Waals surface area contributed by atoms with Crippen LogP contribution < -0.4 is 0 Å². The molecule has 0 spiro atoms. The Labute approximate surface area is 157 Å². The molecule has 1 saturated heterocycles. The third-order valence-electron chi connectivity index (χ3n) is 4.78. The van der Waals surface area contributed by atoms with Crippen LogP contribution in [0.2, 0.25) is 5.02 Å². The van der Waals surface area contributed by atoms with Gasteiger partial charge in [0, 0.05) is 31.7 Å². The van der Waals surface area contributed by atoms with Crippen molar-refractivity contribution in [3.05, 3.63) is 69.5 Å². The molecule has 0 aromatic heterocycles. The van der Waals surface area contributed by atoms with Gasteiger partial charge in [0.2, 0.25) is 0 Å². The van der Waals surface area contributed by atoms with E-state index < -0.39 is 11.7 Å². The van der Waals surface area contributed by atoms with E-state index in [9.17, 15) is 14.0 Å². The summed E-state index contributed by atoms with van der Waals surface area (Å²) >= 11 is 5.98. The lowest BCUT2D eigenvalue weighted by molar-refractivity contribution is 0.0533. The molecule has 4 nitrogen and oxygen atoms in total. The lowest BCUT2D eigenvalue weighted by Gasteiger charge is -2.35. The molecule has 136 valence electrons. The van der Waals surface area contributed by atoms with Crippen molar-refractivity contribution in [2.24, 2.45) is 0 Å². The average molecular weight is 375 g/mol. The van der Waals surface area contributed by atoms with Crippen molar-refractivity contribution < 1.29 is 14.0 Å². The Kier molecular flexibility index (Phi) is 5.28. The summed E-state index contributed by atoms with van der Waals surface area (Å²) in [5.41, 5.74) is 2.74. The molecule has 26 heavy (non-hydrogen) atoms. The highest BCUT2D eigenvalue weighted by Crippen LogP contribution is 2.22. The van der Waals surface area contributed by atoms with Gasteiger partial charge >= 0.3 is 0 Å². The Hall–Kier alpha value is -2.40. The lowest BCUT2D eigenvalue weighted by atomic mass is 10.1. The molecule has 3 rings (SSSR count). The van der Waals surface area contributed by atoms with Gasteiger partial charge in [-0.1, -0.05) is 23.7 Å². The number of benzene rings is 2. The van der Waals surface area contributed by atoms with E-state index in [1.165, 1.54) is 23.1 Å². The van der Waals surface area contributed by atoms with Gasteiger partial charge in [0.25, 0.3) is 11.8 Å². The first-order valence-corrected chi connectivity index (χ1v) is 8.86. The fraction of sp³-hybridized carbons (Fsp3) is 0.300. The Morgan fingerprint density at radius 2 is 1.54 bits per heavy atom. The van der Waals surface area contributed by atoms with Crippen LogP contribution in [0.5, 0.6) is 0 Å². The topological polar surface area (TPSA) is 40.6 Å². The zero-order chi connectivity index (χ0) is 18.8. The maximum Gasteiger partial charge on any atom is 0.258 e. The minimum Gasteiger partial charge on any atom is -0.335 e. The number of rotatable bonds is 2. The largest absolute Gasteiger partial charge is 0.335 e. The molecule has 6 heteroatoms. The predicted molar refractivity (Wildman–Crippen MR) is 99.1 cm³/mol. The maximum atomic E-state index is 14.0. The molecule has 2 aromatic rings. The van der Waals surface area contributed by atoms with Gasteiger partial charge in [-0.15, -0.1) is 0 Å². The Balaban J connectivity index is 1.68. The molecular formula is C20H20ClFN2O2. The van der Waals surface area contributed by atoms with Crippen LogP contribution in [-0.2, 0) is 0 Å². The molecule has 1 aliphatic heterocycles. The lowest BCUT2D eigenvalue weighted by Crippen LogP contribution is -2.50. The number of aryl methyl sites for hydroxylation is 2. The van der Waals surface area contributed by atoms with Crippen molar-refractivity contribution >= 4 is 23.4 Å². The van der Waals surface area contributed by atoms with E-state index in [2.05, 4.69) is 0 Å². The summed E-state index contributed by atoms with van der Waals surface area (Å²) in [5, 5.41) is 0.101. The number of carbonyl (C=O) groups is 2. The number of halogens is 2. The molecule has 0 atom stereocenters. The zero-order valence-corrected chi connectivity index (χ0v) is 15.5. The summed E-state index contributed by atoms with van der Waals surface area (Å²) in [6, 6.07) is 9.82. The molecule has 0 unspecified atom stereocenters. The van der Waals surface area contributed by atoms with Gasteiger partial charge in [0.15, 0.2) is 0 Å². The van der Waals surface area contributed by atoms with E-state index in [1.807, 2.05) is 32.0 Å². The van der Waals surface area contributed by atoms with Crippen molar-refractivity contribution in [1.29, 1.82) is 0 Å². The first kappa shape index (κ1) is 18.4. The van der Waals surface area contributed by atoms with Crippen LogP contribution in [0.15, 0.2) is 36.4 Å². The van der Waals surface area contributed by atoms with Gasteiger partial charge in [0.05, 0.1) is 10.6 Å². The minimum atomic E-state index is -0.629. The van der Waals surface area contributed by atoms with Crippen molar-refractivity contribution in [1.82, 2.24) is 9.80 Å². The van der Waals surface area contributed by atoms with Crippen molar-refractivity contribution in [3.63, 3.8) is 0 Å². The zero-order valence-electron chi connectivity index (χ0n) is 14.8. The van der Waals surface area contributed by atoms with E-state index >= 15 is 0 Å². The normalized spacial score (nSPS) is 14.5. The highest BCUT2D eigenvalue weighted by atomic mass is 35.5. The summed E-state index contributed by atoms with van der Waals surface area (Å²) in [6.07, 6.45) is 0. The SMILES string of the molecule is Cc1ccc(C(=O)N2CCN(C(=O)c3c(F)cccc3Cl)CC2)cc1C. The quantitative estimate of drug-likeness (QED) is 0.804. The van der Waals surface area contributed by atoms with E-state index in [4.69, 9.17) is 11.6 Å². The third-order valence-corrected chi connectivity index (χ3v) is 5.10. The molecule has 1 fully saturated rings. The fourth-order valence-electron chi connectivity index (χ4n) is 3.03. The summed E-state index contributed by atoms with van der Waals surface area (Å²) in [4.78, 5) is 28.5. The van der Waals surface area contributed by atoms with Crippen LogP contribution >= 0.6 is 11.6 Å². The monoisotopic (exact) mass is 374 g/mol. The number of piperazine rings is 1. The van der Waals surface area contributed by atoms with Crippen LogP contribution in [0.3, 0.4) is 0 Å². The van der Waals surface area contributed by atoms with Gasteiger partial charge in [-0.05, 0) is 49.2 Å². The molecular weight excluding hydrogens is 355 g/mol. The molecule has 2 amide bonds. The van der Waals surface area contributed by atoms with Crippen LogP contribution in [-0.4, -0.2) is 47.8 Å². The molecule has 0 aliphatic carbocycles. The van der Waals surface area contributed by atoms with Gasteiger partial charge < -0.3 is 9.80 Å². The van der Waals surface area contributed by atoms with Gasteiger partial charge in [0.1, 0.15) is 5.82 Å². The van der Waals surface area contributed by atoms with E-state index in [0.29, 0.717) is 31.7 Å². The summed E-state index contributed by atoms with van der Waals surface area (Å²) in [5.74, 6) is -1.12. The third kappa shape index (κ3) is 3.58. The Morgan fingerprint density at radius 3 is 2.12 bits per heavy atom. The Bertz CT molecular complexity index is 841. The highest BCUT2D eigenvalue weighted by Gasteiger charge is 2.28. The Morgan fingerprint density at radius 1 is 0.923 bits per heavy atom. The molecule has 0 bridgehead atoms. The molecule has 1 aliphatic rings. The summed E-state index contributed by atoms with van der Waals surface area (Å²) in [6.45, 7) is 5.48. The van der Waals surface area contributed by atoms with Gasteiger partial charge in [-0.2, -0.15) is 0 Å². The van der Waals surface area contributed by atoms with Gasteiger partial charge in [-0.3, -0.25) is 9.59 Å². The standard InChI is InChI=1S/C20H20ClFN2O2/c1-13-6-7-15(12-14(13)2)19(25)23-8-10-24(11-9-23)20(26)18-16(21)4-3-5-17(18)22/h3-7,12H,8-11H2,1-2H3. The van der Waals surface area contributed by atoms with Crippen molar-refractivity contribution in [2.75, 3.05) is 26.2 Å². The number of nitrogens with zero attached hydrogens (tertiary/aromatic N) is 2. The second-order valence-corrected chi connectivity index (χ2v) is 6.89. The van der Waals surface area contributed by atoms with Crippen LogP contribution in [0.1, 0.15) is 31.8 Å². The number of hydrogen-bond acceptors (Lipinski definition) is 2. The smallest absolute Gasteiger partial charge is 0.258 e. The van der Waals surface area contributed by atoms with Gasteiger partial charge in [-0.25, -0.2) is 4.39 Å². The van der Waals surface area contributed by atoms with Crippen molar-refractivity contribution in [3.8, 4) is 0 Å². The highest BCUT2D eigenvalue weighted by molar-refractivity contribution is 6.33. The first-order chi connectivity index (χ1) is 12.4. The fourth-order valence-corrected chi connectivity index (χ4v) is 3.27. The average Bonchev–Trinajstić information content (AvgIpc) is 2.63. The van der Waals surface area contributed by atoms with Crippen LogP contribution in [0.25, 0.3) is 0 Å². The minimum absolute atomic E-state index is 0.0517. The molecule has 1 heterocycles. The second-order valence-electron chi connectivity index (χ2n) is 6.48. The summed E-state index contributed by atoms with van der Waals surface area (Å²) in [7, 11) is 0. The number of carbonyl (C=O) groups excluding carboxylic acids is 2.